The summed E-state index contributed by atoms with van der Waals surface area (Å²) in [7, 11) is 1.89. The highest BCUT2D eigenvalue weighted by atomic mass is 16.5. The van der Waals surface area contributed by atoms with Gasteiger partial charge in [-0.15, -0.1) is 0 Å². The van der Waals surface area contributed by atoms with Gasteiger partial charge in [-0.1, -0.05) is 0 Å². The monoisotopic (exact) mass is 224 g/mol. The summed E-state index contributed by atoms with van der Waals surface area (Å²) in [6.45, 7) is 6.24. The molecule has 0 aromatic carbocycles. The molecule has 1 rings (SSSR count). The maximum absolute atomic E-state index is 9.35. The van der Waals surface area contributed by atoms with Crippen LogP contribution in [0.2, 0.25) is 0 Å². The molecule has 0 spiro atoms. The van der Waals surface area contributed by atoms with Crippen molar-refractivity contribution in [1.82, 2.24) is 4.98 Å². The summed E-state index contributed by atoms with van der Waals surface area (Å²) in [4.78, 5) is 6.17. The molecule has 90 valence electrons. The number of aliphatic hydroxyl groups excluding tert-OH is 1. The number of pyridine rings is 1. The van der Waals surface area contributed by atoms with E-state index in [2.05, 4.69) is 4.98 Å². The topological polar surface area (TPSA) is 45.6 Å². The number of hydrogen-bond donors (Lipinski definition) is 1. The van der Waals surface area contributed by atoms with Gasteiger partial charge in [0.05, 0.1) is 12.2 Å². The predicted octanol–water partition coefficient (Wildman–Crippen LogP) is 1.69. The molecule has 4 nitrogen and oxygen atoms in total. The zero-order valence-electron chi connectivity index (χ0n) is 10.3. The number of aromatic nitrogens is 1. The van der Waals surface area contributed by atoms with Gasteiger partial charge in [-0.3, -0.25) is 0 Å². The second-order valence-electron chi connectivity index (χ2n) is 4.22. The van der Waals surface area contributed by atoms with Gasteiger partial charge in [0, 0.05) is 19.8 Å². The predicted molar refractivity (Wildman–Crippen MR) is 65.0 cm³/mol. The number of rotatable bonds is 5. The third-order valence-corrected chi connectivity index (χ3v) is 2.01. The van der Waals surface area contributed by atoms with E-state index in [4.69, 9.17) is 4.74 Å². The third kappa shape index (κ3) is 3.70. The number of anilines is 1. The minimum absolute atomic E-state index is 0.114. The van der Waals surface area contributed by atoms with Crippen molar-refractivity contribution in [2.24, 2.45) is 0 Å². The number of ether oxygens (including phenoxy) is 1. The fraction of sp³-hybridized carbons (Fsp3) is 0.583. The van der Waals surface area contributed by atoms with Crippen molar-refractivity contribution in [2.45, 2.75) is 33.0 Å². The Kier molecular flexibility index (Phi) is 4.55. The number of hydrogen-bond acceptors (Lipinski definition) is 4. The van der Waals surface area contributed by atoms with E-state index in [0.717, 1.165) is 11.6 Å². The van der Waals surface area contributed by atoms with Gasteiger partial charge in [0.2, 0.25) is 0 Å². The summed E-state index contributed by atoms with van der Waals surface area (Å²) in [6, 6.07) is 3.73. The van der Waals surface area contributed by atoms with Gasteiger partial charge in [-0.25, -0.2) is 4.98 Å². The zero-order valence-corrected chi connectivity index (χ0v) is 10.3. The first-order chi connectivity index (χ1) is 7.50. The van der Waals surface area contributed by atoms with Gasteiger partial charge in [-0.05, 0) is 32.9 Å². The summed E-state index contributed by atoms with van der Waals surface area (Å²) in [5, 5.41) is 9.35. The second-order valence-corrected chi connectivity index (χ2v) is 4.22. The molecular formula is C12H20N2O2. The molecule has 0 radical (unpaired) electrons. The Labute approximate surface area is 96.9 Å². The molecule has 0 bridgehead atoms. The Bertz CT molecular complexity index is 327. The normalized spacial score (nSPS) is 12.6. The van der Waals surface area contributed by atoms with Crippen molar-refractivity contribution in [3.05, 3.63) is 18.3 Å². The highest BCUT2D eigenvalue weighted by Gasteiger charge is 2.12. The summed E-state index contributed by atoms with van der Waals surface area (Å²) in [5.41, 5.74) is 0. The van der Waals surface area contributed by atoms with Gasteiger partial charge in [0.25, 0.3) is 0 Å². The molecule has 1 heterocycles. The molecule has 1 N–H and O–H groups in total. The average molecular weight is 224 g/mol. The highest BCUT2D eigenvalue weighted by Crippen LogP contribution is 2.25. The molecule has 16 heavy (non-hydrogen) atoms. The van der Waals surface area contributed by atoms with Crippen LogP contribution in [-0.4, -0.2) is 35.9 Å². The SMILES string of the molecule is CC(O)CN(C)c1ncccc1OC(C)C. The van der Waals surface area contributed by atoms with E-state index in [9.17, 15) is 5.11 Å². The lowest BCUT2D eigenvalue weighted by Gasteiger charge is -2.23. The van der Waals surface area contributed by atoms with Crippen LogP contribution in [0.1, 0.15) is 20.8 Å². The smallest absolute Gasteiger partial charge is 0.171 e. The molecule has 0 fully saturated rings. The van der Waals surface area contributed by atoms with Crippen molar-refractivity contribution >= 4 is 5.82 Å². The van der Waals surface area contributed by atoms with Gasteiger partial charge in [0.15, 0.2) is 11.6 Å². The van der Waals surface area contributed by atoms with Crippen LogP contribution in [0.5, 0.6) is 5.75 Å². The summed E-state index contributed by atoms with van der Waals surface area (Å²) < 4.78 is 5.66. The summed E-state index contributed by atoms with van der Waals surface area (Å²) in [6.07, 6.45) is 1.45. The van der Waals surface area contributed by atoms with Crippen LogP contribution in [0.3, 0.4) is 0 Å². The first-order valence-corrected chi connectivity index (χ1v) is 5.51. The fourth-order valence-electron chi connectivity index (χ4n) is 1.50. The molecule has 0 saturated heterocycles. The standard InChI is InChI=1S/C12H20N2O2/c1-9(2)16-11-6-5-7-13-12(11)14(4)8-10(3)15/h5-7,9-10,15H,8H2,1-4H3. The molecule has 1 aromatic rings. The Morgan fingerprint density at radius 2 is 2.12 bits per heavy atom. The summed E-state index contributed by atoms with van der Waals surface area (Å²) in [5.74, 6) is 1.51. The van der Waals surface area contributed by atoms with Crippen LogP contribution in [0.4, 0.5) is 5.82 Å². The Hall–Kier alpha value is -1.29. The van der Waals surface area contributed by atoms with E-state index in [1.54, 1.807) is 13.1 Å². The van der Waals surface area contributed by atoms with Gasteiger partial charge in [-0.2, -0.15) is 0 Å². The largest absolute Gasteiger partial charge is 0.487 e. The van der Waals surface area contributed by atoms with Crippen LogP contribution < -0.4 is 9.64 Å². The second kappa shape index (κ2) is 5.70. The molecule has 0 aliphatic rings. The van der Waals surface area contributed by atoms with Crippen molar-refractivity contribution in [3.63, 3.8) is 0 Å². The van der Waals surface area contributed by atoms with Crippen molar-refractivity contribution in [3.8, 4) is 5.75 Å². The van der Waals surface area contributed by atoms with Crippen molar-refractivity contribution < 1.29 is 9.84 Å². The third-order valence-electron chi connectivity index (χ3n) is 2.01. The maximum atomic E-state index is 9.35. The fourth-order valence-corrected chi connectivity index (χ4v) is 1.50. The maximum Gasteiger partial charge on any atom is 0.171 e. The molecule has 0 saturated carbocycles. The molecule has 1 atom stereocenters. The number of nitrogens with zero attached hydrogens (tertiary/aromatic N) is 2. The van der Waals surface area contributed by atoms with Gasteiger partial charge in [0.1, 0.15) is 0 Å². The molecular weight excluding hydrogens is 204 g/mol. The van der Waals surface area contributed by atoms with Crippen LogP contribution in [0.25, 0.3) is 0 Å². The van der Waals surface area contributed by atoms with E-state index in [1.165, 1.54) is 0 Å². The van der Waals surface area contributed by atoms with Crippen molar-refractivity contribution in [2.75, 3.05) is 18.5 Å². The first-order valence-electron chi connectivity index (χ1n) is 5.51. The Balaban J connectivity index is 2.85. The van der Waals surface area contributed by atoms with Crippen LogP contribution >= 0.6 is 0 Å². The Morgan fingerprint density at radius 1 is 1.44 bits per heavy atom. The van der Waals surface area contributed by atoms with E-state index in [0.29, 0.717) is 6.54 Å². The van der Waals surface area contributed by atoms with E-state index in [-0.39, 0.29) is 12.2 Å². The number of likely N-dealkylation sites (N-methyl/N-ethyl adjacent to an activating group) is 1. The lowest BCUT2D eigenvalue weighted by atomic mass is 10.3. The number of aliphatic hydroxyl groups is 1. The van der Waals surface area contributed by atoms with E-state index < -0.39 is 0 Å². The van der Waals surface area contributed by atoms with Crippen molar-refractivity contribution in [1.29, 1.82) is 0 Å². The zero-order chi connectivity index (χ0) is 12.1. The van der Waals surface area contributed by atoms with Crippen LogP contribution in [-0.2, 0) is 0 Å². The van der Waals surface area contributed by atoms with Crippen LogP contribution in [0.15, 0.2) is 18.3 Å². The molecule has 4 heteroatoms. The molecule has 1 aromatic heterocycles. The molecule has 0 aliphatic heterocycles. The molecule has 1 unspecified atom stereocenters. The Morgan fingerprint density at radius 3 is 2.69 bits per heavy atom. The quantitative estimate of drug-likeness (QED) is 0.826. The summed E-state index contributed by atoms with van der Waals surface area (Å²) >= 11 is 0. The van der Waals surface area contributed by atoms with Gasteiger partial charge >= 0.3 is 0 Å². The average Bonchev–Trinajstić information content (AvgIpc) is 2.16. The minimum Gasteiger partial charge on any atom is -0.487 e. The first kappa shape index (κ1) is 12.8. The molecule has 0 amide bonds. The highest BCUT2D eigenvalue weighted by molar-refractivity contribution is 5.51. The molecule has 0 aliphatic carbocycles. The lowest BCUT2D eigenvalue weighted by Crippen LogP contribution is -2.28. The lowest BCUT2D eigenvalue weighted by molar-refractivity contribution is 0.200. The van der Waals surface area contributed by atoms with Gasteiger partial charge < -0.3 is 14.7 Å². The van der Waals surface area contributed by atoms with Crippen LogP contribution in [0, 0.1) is 0 Å². The van der Waals surface area contributed by atoms with E-state index >= 15 is 0 Å². The van der Waals surface area contributed by atoms with E-state index in [1.807, 2.05) is 37.9 Å². The minimum atomic E-state index is -0.390.